The van der Waals surface area contributed by atoms with Gasteiger partial charge in [-0.3, -0.25) is 0 Å². The first-order valence-corrected chi connectivity index (χ1v) is 7.22. The van der Waals surface area contributed by atoms with Crippen LogP contribution in [-0.4, -0.2) is 50.2 Å². The number of methoxy groups -OCH3 is 1. The number of ether oxygens (including phenoxy) is 2. The lowest BCUT2D eigenvalue weighted by Gasteiger charge is -2.03. The second-order valence-electron chi connectivity index (χ2n) is 4.97. The van der Waals surface area contributed by atoms with Gasteiger partial charge in [0.15, 0.2) is 0 Å². The molecule has 1 aromatic heterocycles. The number of rotatable bonds is 12. The van der Waals surface area contributed by atoms with Gasteiger partial charge in [0.1, 0.15) is 0 Å². The molecule has 1 fully saturated rings. The highest BCUT2D eigenvalue weighted by Gasteiger charge is 2.20. The van der Waals surface area contributed by atoms with Crippen LogP contribution >= 0.6 is 0 Å². The number of hydrogen-bond acceptors (Lipinski definition) is 7. The summed E-state index contributed by atoms with van der Waals surface area (Å²) >= 11 is 0. The fourth-order valence-electron chi connectivity index (χ4n) is 1.67. The van der Waals surface area contributed by atoms with Gasteiger partial charge in [-0.15, -0.1) is 5.10 Å². The molecule has 20 heavy (non-hydrogen) atoms. The molecule has 0 aromatic carbocycles. The van der Waals surface area contributed by atoms with Crippen LogP contribution in [0.15, 0.2) is 4.42 Å². The number of nitrogens with one attached hydrogen (secondary N) is 2. The Balaban J connectivity index is 1.48. The Labute approximate surface area is 119 Å². The van der Waals surface area contributed by atoms with E-state index in [1.807, 2.05) is 0 Å². The molecule has 0 amide bonds. The van der Waals surface area contributed by atoms with Gasteiger partial charge in [0.2, 0.25) is 5.89 Å². The van der Waals surface area contributed by atoms with Crippen LogP contribution in [0.2, 0.25) is 0 Å². The zero-order valence-electron chi connectivity index (χ0n) is 12.1. The van der Waals surface area contributed by atoms with E-state index in [1.165, 1.54) is 12.8 Å². The van der Waals surface area contributed by atoms with Crippen molar-refractivity contribution in [1.29, 1.82) is 0 Å². The van der Waals surface area contributed by atoms with E-state index < -0.39 is 0 Å². The van der Waals surface area contributed by atoms with Crippen LogP contribution in [0.3, 0.4) is 0 Å². The molecule has 0 atom stereocenters. The molecule has 1 aromatic rings. The zero-order valence-corrected chi connectivity index (χ0v) is 12.1. The molecule has 0 saturated heterocycles. The fraction of sp³-hybridized carbons (Fsp3) is 0.846. The zero-order chi connectivity index (χ0) is 14.0. The summed E-state index contributed by atoms with van der Waals surface area (Å²) in [6, 6.07) is 0.468. The maximum Gasteiger partial charge on any atom is 0.315 e. The quantitative estimate of drug-likeness (QED) is 0.555. The van der Waals surface area contributed by atoms with Crippen molar-refractivity contribution >= 4 is 6.01 Å². The molecular formula is C13H24N4O3. The SMILES string of the molecule is COCCNCc1nnc(NCCCOCC2CC2)o1. The maximum absolute atomic E-state index is 5.55. The van der Waals surface area contributed by atoms with Crippen LogP contribution in [0, 0.1) is 5.92 Å². The van der Waals surface area contributed by atoms with Crippen molar-refractivity contribution < 1.29 is 13.9 Å². The van der Waals surface area contributed by atoms with Crippen molar-refractivity contribution in [2.75, 3.05) is 45.3 Å². The lowest BCUT2D eigenvalue weighted by atomic mass is 10.4. The number of anilines is 1. The van der Waals surface area contributed by atoms with Gasteiger partial charge in [0.05, 0.1) is 13.2 Å². The Kier molecular flexibility index (Phi) is 6.76. The Hall–Kier alpha value is -1.18. The first-order valence-electron chi connectivity index (χ1n) is 7.22. The van der Waals surface area contributed by atoms with Gasteiger partial charge < -0.3 is 24.5 Å². The minimum atomic E-state index is 0.468. The van der Waals surface area contributed by atoms with Crippen LogP contribution in [-0.2, 0) is 16.0 Å². The van der Waals surface area contributed by atoms with E-state index in [2.05, 4.69) is 20.8 Å². The molecule has 1 aliphatic carbocycles. The summed E-state index contributed by atoms with van der Waals surface area (Å²) in [5, 5.41) is 14.1. The molecule has 2 rings (SSSR count). The van der Waals surface area contributed by atoms with E-state index in [0.29, 0.717) is 25.1 Å². The molecular weight excluding hydrogens is 260 g/mol. The summed E-state index contributed by atoms with van der Waals surface area (Å²) in [7, 11) is 1.67. The average Bonchev–Trinajstić information content (AvgIpc) is 3.17. The van der Waals surface area contributed by atoms with Gasteiger partial charge >= 0.3 is 6.01 Å². The van der Waals surface area contributed by atoms with Crippen LogP contribution in [0.25, 0.3) is 0 Å². The highest BCUT2D eigenvalue weighted by atomic mass is 16.5. The Morgan fingerprint density at radius 1 is 1.25 bits per heavy atom. The average molecular weight is 284 g/mol. The minimum Gasteiger partial charge on any atom is -0.407 e. The summed E-state index contributed by atoms with van der Waals surface area (Å²) in [5.74, 6) is 1.40. The lowest BCUT2D eigenvalue weighted by molar-refractivity contribution is 0.124. The minimum absolute atomic E-state index is 0.468. The third kappa shape index (κ3) is 6.31. The summed E-state index contributed by atoms with van der Waals surface area (Å²) in [6.07, 6.45) is 3.61. The van der Waals surface area contributed by atoms with Gasteiger partial charge in [-0.05, 0) is 25.2 Å². The van der Waals surface area contributed by atoms with Crippen LogP contribution < -0.4 is 10.6 Å². The van der Waals surface area contributed by atoms with E-state index in [9.17, 15) is 0 Å². The van der Waals surface area contributed by atoms with Crippen molar-refractivity contribution in [1.82, 2.24) is 15.5 Å². The summed E-state index contributed by atoms with van der Waals surface area (Å²) < 4.78 is 15.9. The van der Waals surface area contributed by atoms with Crippen molar-refractivity contribution in [2.24, 2.45) is 5.92 Å². The first kappa shape index (κ1) is 15.2. The molecule has 7 heteroatoms. The predicted octanol–water partition coefficient (Wildman–Crippen LogP) is 1.03. The molecule has 0 aliphatic heterocycles. The van der Waals surface area contributed by atoms with E-state index in [4.69, 9.17) is 13.9 Å². The normalized spacial score (nSPS) is 14.7. The van der Waals surface area contributed by atoms with Crippen molar-refractivity contribution in [3.8, 4) is 0 Å². The predicted molar refractivity (Wildman–Crippen MR) is 74.5 cm³/mol. The molecule has 2 N–H and O–H groups in total. The van der Waals surface area contributed by atoms with Crippen LogP contribution in [0.4, 0.5) is 6.01 Å². The van der Waals surface area contributed by atoms with Gasteiger partial charge in [-0.1, -0.05) is 5.10 Å². The number of nitrogens with zero attached hydrogens (tertiary/aromatic N) is 2. The largest absolute Gasteiger partial charge is 0.407 e. The summed E-state index contributed by atoms with van der Waals surface area (Å²) in [4.78, 5) is 0. The smallest absolute Gasteiger partial charge is 0.315 e. The van der Waals surface area contributed by atoms with Crippen molar-refractivity contribution in [3.63, 3.8) is 0 Å². The second-order valence-corrected chi connectivity index (χ2v) is 4.97. The van der Waals surface area contributed by atoms with Gasteiger partial charge in [0, 0.05) is 33.4 Å². The van der Waals surface area contributed by atoms with Crippen molar-refractivity contribution in [3.05, 3.63) is 5.89 Å². The monoisotopic (exact) mass is 284 g/mol. The van der Waals surface area contributed by atoms with E-state index in [0.717, 1.165) is 38.6 Å². The van der Waals surface area contributed by atoms with E-state index >= 15 is 0 Å². The van der Waals surface area contributed by atoms with Gasteiger partial charge in [-0.25, -0.2) is 0 Å². The van der Waals surface area contributed by atoms with Crippen LogP contribution in [0.5, 0.6) is 0 Å². The highest BCUT2D eigenvalue weighted by Crippen LogP contribution is 2.28. The Bertz CT molecular complexity index is 368. The molecule has 0 spiro atoms. The van der Waals surface area contributed by atoms with Gasteiger partial charge in [-0.2, -0.15) is 0 Å². The molecule has 0 radical (unpaired) electrons. The molecule has 0 bridgehead atoms. The first-order chi connectivity index (χ1) is 9.88. The topological polar surface area (TPSA) is 81.4 Å². The lowest BCUT2D eigenvalue weighted by Crippen LogP contribution is -2.18. The standard InChI is InChI=1S/C13H24N4O3/c1-18-8-6-14-9-12-16-17-13(20-12)15-5-2-7-19-10-11-3-4-11/h11,14H,2-10H2,1H3,(H,15,17). The molecule has 114 valence electrons. The molecule has 1 saturated carbocycles. The van der Waals surface area contributed by atoms with Crippen LogP contribution in [0.1, 0.15) is 25.2 Å². The molecule has 7 nitrogen and oxygen atoms in total. The number of aromatic nitrogens is 2. The van der Waals surface area contributed by atoms with Gasteiger partial charge in [0.25, 0.3) is 0 Å². The summed E-state index contributed by atoms with van der Waals surface area (Å²) in [5.41, 5.74) is 0. The highest BCUT2D eigenvalue weighted by molar-refractivity contribution is 5.16. The second kappa shape index (κ2) is 8.89. The van der Waals surface area contributed by atoms with E-state index in [-0.39, 0.29) is 0 Å². The summed E-state index contributed by atoms with van der Waals surface area (Å²) in [6.45, 7) is 4.47. The molecule has 1 heterocycles. The van der Waals surface area contributed by atoms with Crippen molar-refractivity contribution in [2.45, 2.75) is 25.8 Å². The number of hydrogen-bond donors (Lipinski definition) is 2. The Morgan fingerprint density at radius 3 is 2.95 bits per heavy atom. The fourth-order valence-corrected chi connectivity index (χ4v) is 1.67. The molecule has 0 unspecified atom stereocenters. The Morgan fingerprint density at radius 2 is 2.15 bits per heavy atom. The third-order valence-corrected chi connectivity index (χ3v) is 3.02. The maximum atomic E-state index is 5.55. The third-order valence-electron chi connectivity index (χ3n) is 3.02. The van der Waals surface area contributed by atoms with E-state index in [1.54, 1.807) is 7.11 Å². The molecule has 1 aliphatic rings.